The number of nitrogens with zero attached hydrogens (tertiary/aromatic N) is 2. The smallest absolute Gasteiger partial charge is 0.192 e. The van der Waals surface area contributed by atoms with E-state index in [1.807, 2.05) is 6.20 Å². The second-order valence-corrected chi connectivity index (χ2v) is 5.73. The zero-order valence-electron chi connectivity index (χ0n) is 10.0. The number of aromatic nitrogens is 1. The van der Waals surface area contributed by atoms with E-state index in [4.69, 9.17) is 4.99 Å². The molecule has 1 saturated carbocycles. The summed E-state index contributed by atoms with van der Waals surface area (Å²) < 4.78 is 4.13. The standard InChI is InChI=1S/C12H18N4S/c1-8(11-6-7-13-17-11)14-12-15-9-4-2-3-5-10(9)16-12/h6-10H,2-5H2,1H3,(H2,14,15,16). The molecule has 0 bridgehead atoms. The van der Waals surface area contributed by atoms with Crippen LogP contribution in [0.25, 0.3) is 0 Å². The topological polar surface area (TPSA) is 49.3 Å². The lowest BCUT2D eigenvalue weighted by molar-refractivity contribution is 0.384. The van der Waals surface area contributed by atoms with Gasteiger partial charge >= 0.3 is 0 Å². The first-order valence-corrected chi connectivity index (χ1v) is 7.12. The van der Waals surface area contributed by atoms with Crippen LogP contribution in [0.1, 0.15) is 43.5 Å². The Balaban J connectivity index is 1.63. The minimum atomic E-state index is 0.286. The van der Waals surface area contributed by atoms with Crippen LogP contribution in [0.15, 0.2) is 17.3 Å². The molecule has 3 unspecified atom stereocenters. The van der Waals surface area contributed by atoms with Gasteiger partial charge < -0.3 is 10.6 Å². The summed E-state index contributed by atoms with van der Waals surface area (Å²) in [7, 11) is 0. The summed E-state index contributed by atoms with van der Waals surface area (Å²) in [6.45, 7) is 2.15. The highest BCUT2D eigenvalue weighted by atomic mass is 32.1. The molecule has 3 atom stereocenters. The average Bonchev–Trinajstić information content (AvgIpc) is 2.97. The maximum absolute atomic E-state index is 4.74. The summed E-state index contributed by atoms with van der Waals surface area (Å²) >= 11 is 1.54. The maximum Gasteiger partial charge on any atom is 0.192 e. The fourth-order valence-electron chi connectivity index (χ4n) is 2.62. The fourth-order valence-corrected chi connectivity index (χ4v) is 3.20. The number of guanidine groups is 1. The Bertz CT molecular complexity index is 401. The summed E-state index contributed by atoms with van der Waals surface area (Å²) in [5.41, 5.74) is 0. The fraction of sp³-hybridized carbons (Fsp3) is 0.667. The van der Waals surface area contributed by atoms with Crippen LogP contribution >= 0.6 is 11.5 Å². The van der Waals surface area contributed by atoms with E-state index in [0.717, 1.165) is 5.96 Å². The molecule has 92 valence electrons. The van der Waals surface area contributed by atoms with Crippen LogP contribution < -0.4 is 10.6 Å². The first-order valence-electron chi connectivity index (χ1n) is 6.34. The Hall–Kier alpha value is -1.10. The van der Waals surface area contributed by atoms with Crippen molar-refractivity contribution in [2.24, 2.45) is 4.99 Å². The van der Waals surface area contributed by atoms with Crippen molar-refractivity contribution < 1.29 is 0 Å². The van der Waals surface area contributed by atoms with Crippen LogP contribution in [0.3, 0.4) is 0 Å². The van der Waals surface area contributed by atoms with Crippen molar-refractivity contribution in [1.29, 1.82) is 0 Å². The molecule has 1 aromatic rings. The van der Waals surface area contributed by atoms with Gasteiger partial charge in [-0.2, -0.15) is 0 Å². The minimum absolute atomic E-state index is 0.286. The quantitative estimate of drug-likeness (QED) is 0.844. The molecule has 2 aliphatic rings. The molecule has 0 spiro atoms. The molecular formula is C12H18N4S. The van der Waals surface area contributed by atoms with Crippen LogP contribution in [-0.4, -0.2) is 22.4 Å². The van der Waals surface area contributed by atoms with Gasteiger partial charge in [0.15, 0.2) is 5.96 Å². The second-order valence-electron chi connectivity index (χ2n) is 4.86. The van der Waals surface area contributed by atoms with Crippen molar-refractivity contribution in [3.8, 4) is 0 Å². The molecule has 4 nitrogen and oxygen atoms in total. The van der Waals surface area contributed by atoms with Crippen molar-refractivity contribution in [3.05, 3.63) is 17.1 Å². The van der Waals surface area contributed by atoms with Crippen molar-refractivity contribution >= 4 is 17.5 Å². The van der Waals surface area contributed by atoms with Gasteiger partial charge in [0.25, 0.3) is 0 Å². The second kappa shape index (κ2) is 4.64. The Morgan fingerprint density at radius 3 is 3.12 bits per heavy atom. The molecule has 3 rings (SSSR count). The molecule has 0 radical (unpaired) electrons. The molecule has 0 saturated heterocycles. The largest absolute Gasteiger partial charge is 0.351 e. The Morgan fingerprint density at radius 2 is 2.35 bits per heavy atom. The molecule has 2 N–H and O–H groups in total. The normalized spacial score (nSPS) is 29.1. The van der Waals surface area contributed by atoms with E-state index in [9.17, 15) is 0 Å². The summed E-state index contributed by atoms with van der Waals surface area (Å²) in [6, 6.07) is 3.42. The van der Waals surface area contributed by atoms with E-state index < -0.39 is 0 Å². The Labute approximate surface area is 106 Å². The SMILES string of the molecule is CC(NC1=NC2CCCCC2N1)c1ccns1. The van der Waals surface area contributed by atoms with Crippen LogP contribution in [0, 0.1) is 0 Å². The predicted octanol–water partition coefficient (Wildman–Crippen LogP) is 2.06. The van der Waals surface area contributed by atoms with E-state index in [2.05, 4.69) is 28.0 Å². The lowest BCUT2D eigenvalue weighted by Gasteiger charge is -2.23. The average molecular weight is 250 g/mol. The summed E-state index contributed by atoms with van der Waals surface area (Å²) in [5, 5.41) is 6.96. The van der Waals surface area contributed by atoms with E-state index in [0.29, 0.717) is 12.1 Å². The van der Waals surface area contributed by atoms with Gasteiger partial charge in [-0.05, 0) is 37.4 Å². The number of hydrogen-bond acceptors (Lipinski definition) is 5. The van der Waals surface area contributed by atoms with Gasteiger partial charge in [0, 0.05) is 11.1 Å². The monoisotopic (exact) mass is 250 g/mol. The molecule has 0 amide bonds. The van der Waals surface area contributed by atoms with Crippen molar-refractivity contribution in [2.75, 3.05) is 0 Å². The molecule has 0 aromatic carbocycles. The van der Waals surface area contributed by atoms with E-state index in [1.165, 1.54) is 30.6 Å². The predicted molar refractivity (Wildman–Crippen MR) is 70.3 cm³/mol. The molecule has 17 heavy (non-hydrogen) atoms. The minimum Gasteiger partial charge on any atom is -0.351 e. The van der Waals surface area contributed by atoms with Gasteiger partial charge in [0.1, 0.15) is 0 Å². The molecule has 1 fully saturated rings. The molecule has 1 aliphatic heterocycles. The van der Waals surface area contributed by atoms with E-state index in [-0.39, 0.29) is 6.04 Å². The first kappa shape index (κ1) is 11.0. The summed E-state index contributed by atoms with van der Waals surface area (Å²) in [4.78, 5) is 5.99. The Kier molecular flexibility index (Phi) is 3.01. The van der Waals surface area contributed by atoms with Crippen molar-refractivity contribution in [3.63, 3.8) is 0 Å². The van der Waals surface area contributed by atoms with Gasteiger partial charge in [-0.3, -0.25) is 0 Å². The van der Waals surface area contributed by atoms with Gasteiger partial charge in [0.05, 0.1) is 18.1 Å². The third-order valence-electron chi connectivity index (χ3n) is 3.58. The zero-order chi connectivity index (χ0) is 11.7. The molecule has 2 heterocycles. The highest BCUT2D eigenvalue weighted by Gasteiger charge is 2.31. The first-order chi connectivity index (χ1) is 8.33. The van der Waals surface area contributed by atoms with Crippen LogP contribution in [0.2, 0.25) is 0 Å². The number of fused-ring (bicyclic) bond motifs is 1. The third kappa shape index (κ3) is 2.29. The summed E-state index contributed by atoms with van der Waals surface area (Å²) in [5.74, 6) is 0.975. The van der Waals surface area contributed by atoms with E-state index in [1.54, 1.807) is 11.5 Å². The van der Waals surface area contributed by atoms with Gasteiger partial charge in [-0.25, -0.2) is 9.37 Å². The highest BCUT2D eigenvalue weighted by Crippen LogP contribution is 2.25. The zero-order valence-corrected chi connectivity index (χ0v) is 10.8. The van der Waals surface area contributed by atoms with Crippen LogP contribution in [0.4, 0.5) is 0 Å². The van der Waals surface area contributed by atoms with Crippen LogP contribution in [-0.2, 0) is 0 Å². The van der Waals surface area contributed by atoms with E-state index >= 15 is 0 Å². The maximum atomic E-state index is 4.74. The lowest BCUT2D eigenvalue weighted by atomic mass is 9.92. The van der Waals surface area contributed by atoms with Crippen molar-refractivity contribution in [2.45, 2.75) is 50.7 Å². The van der Waals surface area contributed by atoms with Gasteiger partial charge in [-0.1, -0.05) is 12.8 Å². The Morgan fingerprint density at radius 1 is 1.47 bits per heavy atom. The molecule has 5 heteroatoms. The van der Waals surface area contributed by atoms with Gasteiger partial charge in [-0.15, -0.1) is 0 Å². The summed E-state index contributed by atoms with van der Waals surface area (Å²) in [6.07, 6.45) is 7.00. The molecular weight excluding hydrogens is 232 g/mol. The number of hydrogen-bond donors (Lipinski definition) is 2. The third-order valence-corrected chi connectivity index (χ3v) is 4.51. The van der Waals surface area contributed by atoms with Crippen LogP contribution in [0.5, 0.6) is 0 Å². The van der Waals surface area contributed by atoms with Gasteiger partial charge in [0.2, 0.25) is 0 Å². The highest BCUT2D eigenvalue weighted by molar-refractivity contribution is 7.05. The number of rotatable bonds is 2. The molecule has 1 aliphatic carbocycles. The lowest BCUT2D eigenvalue weighted by Crippen LogP contribution is -2.42. The van der Waals surface area contributed by atoms with Crippen molar-refractivity contribution in [1.82, 2.24) is 15.0 Å². The number of nitrogens with one attached hydrogen (secondary N) is 2. The molecule has 1 aromatic heterocycles. The number of aliphatic imine (C=N–C) groups is 1.